The van der Waals surface area contributed by atoms with E-state index < -0.39 is 6.10 Å². The minimum absolute atomic E-state index is 0.0984. The average molecular weight is 583 g/mol. The first kappa shape index (κ1) is 27.1. The minimum atomic E-state index is -0.455. The van der Waals surface area contributed by atoms with E-state index >= 15 is 0 Å². The number of fused-ring (bicyclic) bond motifs is 2. The molecule has 6 aromatic rings. The van der Waals surface area contributed by atoms with Gasteiger partial charge in [-0.3, -0.25) is 9.48 Å². The predicted octanol–water partition coefficient (Wildman–Crippen LogP) is 7.84. The normalized spacial score (nSPS) is 12.2. The molecule has 9 heteroatoms. The van der Waals surface area contributed by atoms with Crippen LogP contribution in [0.25, 0.3) is 33.5 Å². The number of ether oxygens (including phenoxy) is 1. The largest absolute Gasteiger partial charge is 0.483 e. The predicted molar refractivity (Wildman–Crippen MR) is 164 cm³/mol. The summed E-state index contributed by atoms with van der Waals surface area (Å²) in [5.41, 5.74) is 5.81. The molecule has 0 unspecified atom stereocenters. The maximum Gasteiger partial charge on any atom is 0.196 e. The number of thioether (sulfide) groups is 1. The number of halogens is 1. The number of aryl methyl sites for hydroxylation is 2. The summed E-state index contributed by atoms with van der Waals surface area (Å²) in [5.74, 6) is 1.76. The second-order valence-electron chi connectivity index (χ2n) is 9.99. The fourth-order valence-electron chi connectivity index (χ4n) is 4.84. The molecular weight excluding hydrogens is 556 g/mol. The van der Waals surface area contributed by atoms with Gasteiger partial charge in [-0.15, -0.1) is 0 Å². The van der Waals surface area contributed by atoms with Crippen molar-refractivity contribution in [3.63, 3.8) is 0 Å². The molecule has 0 N–H and O–H groups in total. The Morgan fingerprint density at radius 1 is 1.02 bits per heavy atom. The van der Waals surface area contributed by atoms with Crippen molar-refractivity contribution in [1.29, 1.82) is 0 Å². The van der Waals surface area contributed by atoms with Gasteiger partial charge < -0.3 is 9.15 Å². The summed E-state index contributed by atoms with van der Waals surface area (Å²) in [6, 6.07) is 21.3. The van der Waals surface area contributed by atoms with Gasteiger partial charge in [0.2, 0.25) is 0 Å². The molecule has 206 valence electrons. The number of rotatable bonds is 7. The Hall–Kier alpha value is -4.14. The number of hydrogen-bond acceptors (Lipinski definition) is 7. The highest BCUT2D eigenvalue weighted by Crippen LogP contribution is 2.36. The Balaban J connectivity index is 1.40. The smallest absolute Gasteiger partial charge is 0.196 e. The standard InChI is InChI=1S/C32H27ClN4O3S/c1-18-14-22(20(3)39-27-12-13-28(33)35-32(27)41-17-21-8-6-5-7-9-21)31-23(15-18)29(38)19(2)30(40-31)25-11-10-24-26(34-25)16-37(4)36-24/h5-16,20H,17H2,1-4H3/t20-/m1/s1. The van der Waals surface area contributed by atoms with Gasteiger partial charge in [0.05, 0.1) is 11.6 Å². The molecule has 0 saturated heterocycles. The Kier molecular flexibility index (Phi) is 7.28. The maximum atomic E-state index is 13.6. The van der Waals surface area contributed by atoms with Gasteiger partial charge in [-0.25, -0.2) is 9.97 Å². The topological polar surface area (TPSA) is 83.0 Å². The van der Waals surface area contributed by atoms with E-state index in [0.717, 1.165) is 27.9 Å². The molecule has 2 aromatic carbocycles. The SMILES string of the molecule is Cc1cc([C@@H](C)Oc2ccc(Cl)nc2SCc2ccccc2)c2oc(-c3ccc4nn(C)cc4n3)c(C)c(=O)c2c1. The van der Waals surface area contributed by atoms with Crippen LogP contribution >= 0.6 is 23.4 Å². The summed E-state index contributed by atoms with van der Waals surface area (Å²) < 4.78 is 14.7. The van der Waals surface area contributed by atoms with Crippen molar-refractivity contribution in [3.8, 4) is 17.2 Å². The van der Waals surface area contributed by atoms with E-state index in [1.807, 2.05) is 75.6 Å². The van der Waals surface area contributed by atoms with Crippen LogP contribution in [0.3, 0.4) is 0 Å². The molecule has 4 aromatic heterocycles. The van der Waals surface area contributed by atoms with Gasteiger partial charge in [0, 0.05) is 23.9 Å². The molecule has 0 spiro atoms. The molecule has 0 aliphatic rings. The van der Waals surface area contributed by atoms with Crippen molar-refractivity contribution in [2.45, 2.75) is 37.7 Å². The molecule has 1 atom stereocenters. The first-order valence-corrected chi connectivity index (χ1v) is 14.5. The zero-order valence-corrected chi connectivity index (χ0v) is 24.6. The van der Waals surface area contributed by atoms with E-state index in [-0.39, 0.29) is 5.43 Å². The van der Waals surface area contributed by atoms with Gasteiger partial charge in [-0.2, -0.15) is 5.10 Å². The zero-order valence-electron chi connectivity index (χ0n) is 23.0. The Bertz CT molecular complexity index is 1970. The molecule has 0 saturated carbocycles. The number of aromatic nitrogens is 4. The average Bonchev–Trinajstić information content (AvgIpc) is 3.34. The van der Waals surface area contributed by atoms with Crippen LogP contribution in [0.15, 0.2) is 87.2 Å². The van der Waals surface area contributed by atoms with E-state index in [0.29, 0.717) is 43.9 Å². The summed E-state index contributed by atoms with van der Waals surface area (Å²) in [5, 5.41) is 5.99. The van der Waals surface area contributed by atoms with Crippen molar-refractivity contribution in [3.05, 3.63) is 111 Å². The quantitative estimate of drug-likeness (QED) is 0.140. The number of benzene rings is 2. The van der Waals surface area contributed by atoms with Crippen LogP contribution in [-0.2, 0) is 12.8 Å². The van der Waals surface area contributed by atoms with E-state index in [1.54, 1.807) is 29.4 Å². The summed E-state index contributed by atoms with van der Waals surface area (Å²) >= 11 is 7.81. The number of hydrogen-bond donors (Lipinski definition) is 0. The van der Waals surface area contributed by atoms with Crippen LogP contribution < -0.4 is 10.2 Å². The lowest BCUT2D eigenvalue weighted by Gasteiger charge is -2.19. The highest BCUT2D eigenvalue weighted by atomic mass is 35.5. The molecule has 0 amide bonds. The van der Waals surface area contributed by atoms with E-state index in [4.69, 9.17) is 25.7 Å². The van der Waals surface area contributed by atoms with E-state index in [2.05, 4.69) is 22.2 Å². The molecule has 6 rings (SSSR count). The molecule has 41 heavy (non-hydrogen) atoms. The van der Waals surface area contributed by atoms with Crippen LogP contribution in [0.1, 0.15) is 35.3 Å². The van der Waals surface area contributed by atoms with Crippen molar-refractivity contribution in [1.82, 2.24) is 19.7 Å². The lowest BCUT2D eigenvalue weighted by Crippen LogP contribution is -2.12. The van der Waals surface area contributed by atoms with Gasteiger partial charge in [-0.1, -0.05) is 53.7 Å². The van der Waals surface area contributed by atoms with Gasteiger partial charge in [0.1, 0.15) is 38.6 Å². The fourth-order valence-corrected chi connectivity index (χ4v) is 5.96. The van der Waals surface area contributed by atoms with Crippen molar-refractivity contribution >= 4 is 45.4 Å². The zero-order chi connectivity index (χ0) is 28.7. The lowest BCUT2D eigenvalue weighted by atomic mass is 10.0. The molecule has 4 heterocycles. The molecule has 0 aliphatic heterocycles. The Labute approximate surface area is 246 Å². The summed E-state index contributed by atoms with van der Waals surface area (Å²) in [6.07, 6.45) is 1.38. The van der Waals surface area contributed by atoms with Crippen molar-refractivity contribution in [2.24, 2.45) is 7.05 Å². The van der Waals surface area contributed by atoms with Crippen LogP contribution in [0.2, 0.25) is 5.15 Å². The summed E-state index contributed by atoms with van der Waals surface area (Å²) in [6.45, 7) is 5.67. The first-order chi connectivity index (χ1) is 19.8. The Morgan fingerprint density at radius 2 is 1.83 bits per heavy atom. The maximum absolute atomic E-state index is 13.6. The molecule has 0 fully saturated rings. The summed E-state index contributed by atoms with van der Waals surface area (Å²) in [7, 11) is 1.85. The van der Waals surface area contributed by atoms with Gasteiger partial charge in [0.15, 0.2) is 16.9 Å². The number of nitrogens with zero attached hydrogens (tertiary/aromatic N) is 4. The highest BCUT2D eigenvalue weighted by Gasteiger charge is 2.22. The lowest BCUT2D eigenvalue weighted by molar-refractivity contribution is 0.219. The Morgan fingerprint density at radius 3 is 2.63 bits per heavy atom. The second-order valence-corrected chi connectivity index (χ2v) is 11.3. The third-order valence-electron chi connectivity index (χ3n) is 6.85. The van der Waals surface area contributed by atoms with Gasteiger partial charge in [-0.05, 0) is 68.3 Å². The van der Waals surface area contributed by atoms with Crippen molar-refractivity contribution in [2.75, 3.05) is 0 Å². The van der Waals surface area contributed by atoms with Crippen molar-refractivity contribution < 1.29 is 9.15 Å². The third kappa shape index (κ3) is 5.45. The van der Waals surface area contributed by atoms with Crippen LogP contribution in [0.5, 0.6) is 5.75 Å². The molecule has 7 nitrogen and oxygen atoms in total. The van der Waals surface area contributed by atoms with E-state index in [9.17, 15) is 4.79 Å². The first-order valence-electron chi connectivity index (χ1n) is 13.2. The molecule has 0 radical (unpaired) electrons. The van der Waals surface area contributed by atoms with Crippen LogP contribution in [0.4, 0.5) is 0 Å². The summed E-state index contributed by atoms with van der Waals surface area (Å²) in [4.78, 5) is 22.9. The molecule has 0 bridgehead atoms. The second kappa shape index (κ2) is 11.0. The van der Waals surface area contributed by atoms with Gasteiger partial charge in [0.25, 0.3) is 0 Å². The third-order valence-corrected chi connectivity index (χ3v) is 8.11. The van der Waals surface area contributed by atoms with E-state index in [1.165, 1.54) is 5.56 Å². The molecular formula is C32H27ClN4O3S. The van der Waals surface area contributed by atoms with Crippen LogP contribution in [0, 0.1) is 13.8 Å². The highest BCUT2D eigenvalue weighted by molar-refractivity contribution is 7.98. The fraction of sp³-hybridized carbons (Fsp3) is 0.188. The molecule has 0 aliphatic carbocycles. The monoisotopic (exact) mass is 582 g/mol. The number of pyridine rings is 2. The van der Waals surface area contributed by atoms with Gasteiger partial charge >= 0.3 is 0 Å². The van der Waals surface area contributed by atoms with Crippen LogP contribution in [-0.4, -0.2) is 19.7 Å². The minimum Gasteiger partial charge on any atom is -0.483 e.